The van der Waals surface area contributed by atoms with Gasteiger partial charge in [-0.25, -0.2) is 0 Å². The minimum Gasteiger partial charge on any atom is -0.481 e. The Bertz CT molecular complexity index is 1050. The van der Waals surface area contributed by atoms with Crippen LogP contribution in [0.2, 0.25) is 0 Å². The van der Waals surface area contributed by atoms with Crippen molar-refractivity contribution in [3.05, 3.63) is 71.0 Å². The topological polar surface area (TPSA) is 67.5 Å². The van der Waals surface area contributed by atoms with Gasteiger partial charge < -0.3 is 9.52 Å². The number of carboxylic acid groups (broad SMARTS) is 1. The van der Waals surface area contributed by atoms with Crippen LogP contribution in [0.25, 0.3) is 11.0 Å². The Morgan fingerprint density at radius 3 is 2.58 bits per heavy atom. The number of aliphatic carboxylic acids is 1. The molecule has 4 heteroatoms. The number of unbranched alkanes of at least 4 members (excludes halogenated alkanes) is 1. The number of carboxylic acids is 1. The van der Waals surface area contributed by atoms with E-state index in [1.54, 1.807) is 6.07 Å². The number of hydrogen-bond acceptors (Lipinski definition) is 3. The molecule has 0 aliphatic heterocycles. The van der Waals surface area contributed by atoms with Gasteiger partial charge in [-0.15, -0.1) is 0 Å². The molecule has 0 radical (unpaired) electrons. The lowest BCUT2D eigenvalue weighted by molar-refractivity contribution is -0.141. The van der Waals surface area contributed by atoms with E-state index in [1.807, 2.05) is 30.3 Å². The zero-order chi connectivity index (χ0) is 21.6. The Labute approximate surface area is 183 Å². The van der Waals surface area contributed by atoms with Crippen molar-refractivity contribution in [2.24, 2.45) is 5.92 Å². The van der Waals surface area contributed by atoms with Crippen molar-refractivity contribution in [1.29, 1.82) is 0 Å². The summed E-state index contributed by atoms with van der Waals surface area (Å²) in [6, 6.07) is 15.8. The molecular formula is C27H30O4. The van der Waals surface area contributed by atoms with Gasteiger partial charge in [-0.05, 0) is 50.2 Å². The lowest BCUT2D eigenvalue weighted by Gasteiger charge is -2.12. The molecule has 0 bridgehead atoms. The molecule has 0 unspecified atom stereocenters. The molecule has 0 saturated carbocycles. The molecule has 0 fully saturated rings. The number of furan rings is 1. The van der Waals surface area contributed by atoms with Crippen molar-refractivity contribution in [3.63, 3.8) is 0 Å². The Morgan fingerprint density at radius 2 is 1.77 bits per heavy atom. The Balaban J connectivity index is 1.38. The zero-order valence-electron chi connectivity index (χ0n) is 17.9. The van der Waals surface area contributed by atoms with E-state index in [-0.39, 0.29) is 12.2 Å². The summed E-state index contributed by atoms with van der Waals surface area (Å²) in [4.78, 5) is 24.6. The normalized spacial score (nSPS) is 14.7. The van der Waals surface area contributed by atoms with E-state index in [0.717, 1.165) is 55.3 Å². The third kappa shape index (κ3) is 5.25. The quantitative estimate of drug-likeness (QED) is 0.248. The minimum atomic E-state index is -0.890. The Morgan fingerprint density at radius 1 is 0.968 bits per heavy atom. The van der Waals surface area contributed by atoms with Crippen molar-refractivity contribution >= 4 is 22.7 Å². The second kappa shape index (κ2) is 9.95. The highest BCUT2D eigenvalue weighted by atomic mass is 16.4. The molecule has 162 valence electrons. The summed E-state index contributed by atoms with van der Waals surface area (Å²) in [5, 5.41) is 10.7. The predicted molar refractivity (Wildman–Crippen MR) is 122 cm³/mol. The zero-order valence-corrected chi connectivity index (χ0v) is 17.9. The van der Waals surface area contributed by atoms with Gasteiger partial charge in [0.25, 0.3) is 0 Å². The van der Waals surface area contributed by atoms with Crippen LogP contribution < -0.4 is 0 Å². The van der Waals surface area contributed by atoms with Gasteiger partial charge in [0, 0.05) is 29.4 Å². The van der Waals surface area contributed by atoms with Gasteiger partial charge in [0.05, 0.1) is 5.92 Å². The van der Waals surface area contributed by atoms with Gasteiger partial charge in [-0.3, -0.25) is 9.59 Å². The number of rotatable bonds is 9. The van der Waals surface area contributed by atoms with Crippen LogP contribution in [0.4, 0.5) is 0 Å². The van der Waals surface area contributed by atoms with Gasteiger partial charge in [0.2, 0.25) is 0 Å². The summed E-state index contributed by atoms with van der Waals surface area (Å²) in [5.41, 5.74) is 3.85. The van der Waals surface area contributed by atoms with Crippen LogP contribution in [-0.4, -0.2) is 16.9 Å². The van der Waals surface area contributed by atoms with E-state index >= 15 is 0 Å². The first-order valence-corrected chi connectivity index (χ1v) is 11.5. The number of carbonyl (C=O) groups is 2. The summed E-state index contributed by atoms with van der Waals surface area (Å²) >= 11 is 0. The van der Waals surface area contributed by atoms with Gasteiger partial charge in [-0.2, -0.15) is 0 Å². The molecule has 1 aliphatic rings. The molecule has 1 N–H and O–H groups in total. The van der Waals surface area contributed by atoms with Crippen molar-refractivity contribution in [1.82, 2.24) is 0 Å². The molecular weight excluding hydrogens is 388 g/mol. The molecule has 2 aromatic carbocycles. The molecule has 0 spiro atoms. The van der Waals surface area contributed by atoms with E-state index in [0.29, 0.717) is 12.0 Å². The molecule has 3 aromatic rings. The van der Waals surface area contributed by atoms with Crippen molar-refractivity contribution in [3.8, 4) is 0 Å². The summed E-state index contributed by atoms with van der Waals surface area (Å²) in [7, 11) is 0. The van der Waals surface area contributed by atoms with Gasteiger partial charge in [0.1, 0.15) is 11.3 Å². The highest BCUT2D eigenvalue weighted by molar-refractivity contribution is 6.01. The first-order chi connectivity index (χ1) is 15.1. The Hall–Kier alpha value is -2.88. The maximum atomic E-state index is 12.9. The molecule has 31 heavy (non-hydrogen) atoms. The van der Waals surface area contributed by atoms with Crippen LogP contribution in [0.1, 0.15) is 72.2 Å². The van der Waals surface area contributed by atoms with Crippen molar-refractivity contribution in [2.75, 3.05) is 0 Å². The van der Waals surface area contributed by atoms with Crippen molar-refractivity contribution < 1.29 is 19.1 Å². The van der Waals surface area contributed by atoms with E-state index in [9.17, 15) is 14.7 Å². The summed E-state index contributed by atoms with van der Waals surface area (Å²) in [6.07, 6.45) is 8.73. The molecule has 1 aromatic heterocycles. The summed E-state index contributed by atoms with van der Waals surface area (Å²) < 4.78 is 6.07. The smallest absolute Gasteiger partial charge is 0.306 e. The van der Waals surface area contributed by atoms with Crippen LogP contribution in [0, 0.1) is 5.92 Å². The van der Waals surface area contributed by atoms with Crippen LogP contribution >= 0.6 is 0 Å². The lowest BCUT2D eigenvalue weighted by atomic mass is 9.92. The number of hydrogen-bond donors (Lipinski definition) is 1. The van der Waals surface area contributed by atoms with Crippen LogP contribution in [0.15, 0.2) is 52.9 Å². The average Bonchev–Trinajstić information content (AvgIpc) is 2.95. The van der Waals surface area contributed by atoms with Gasteiger partial charge in [-0.1, -0.05) is 55.3 Å². The molecule has 1 aliphatic carbocycles. The lowest BCUT2D eigenvalue weighted by Crippen LogP contribution is -2.18. The number of Topliss-reactive ketones (excluding diaryl/α,β-unsaturated/α-hetero) is 1. The van der Waals surface area contributed by atoms with Gasteiger partial charge >= 0.3 is 5.97 Å². The second-order valence-electron chi connectivity index (χ2n) is 8.67. The highest BCUT2D eigenvalue weighted by Gasteiger charge is 2.23. The monoisotopic (exact) mass is 418 g/mol. The third-order valence-electron chi connectivity index (χ3n) is 6.42. The maximum absolute atomic E-state index is 12.9. The van der Waals surface area contributed by atoms with E-state index in [2.05, 4.69) is 12.1 Å². The first kappa shape index (κ1) is 21.4. The largest absolute Gasteiger partial charge is 0.481 e. The fraction of sp³-hybridized carbons (Fsp3) is 0.407. The predicted octanol–water partition coefficient (Wildman–Crippen LogP) is 6.39. The number of aryl methyl sites for hydroxylation is 3. The molecule has 0 amide bonds. The standard InChI is InChI=1S/C27H30O4/c28-24(17-21(27(29)30)12-8-7-11-19-9-3-1-4-10-19)20-15-16-23-22-13-5-2-6-14-25(22)31-26(23)18-20/h1,3-4,9-10,15-16,18,21H,2,5-8,11-14,17H2,(H,29,30)/t21-/m1/s1. The molecule has 1 heterocycles. The number of fused-ring (bicyclic) bond motifs is 3. The van der Waals surface area contributed by atoms with Crippen LogP contribution in [0.5, 0.6) is 0 Å². The highest BCUT2D eigenvalue weighted by Crippen LogP contribution is 2.32. The summed E-state index contributed by atoms with van der Waals surface area (Å²) in [6.45, 7) is 0. The number of ketones is 1. The van der Waals surface area contributed by atoms with E-state index < -0.39 is 11.9 Å². The maximum Gasteiger partial charge on any atom is 0.306 e. The fourth-order valence-corrected chi connectivity index (χ4v) is 4.63. The van der Waals surface area contributed by atoms with E-state index in [4.69, 9.17) is 4.42 Å². The van der Waals surface area contributed by atoms with Gasteiger partial charge in [0.15, 0.2) is 5.78 Å². The number of benzene rings is 2. The SMILES string of the molecule is O=C(C[C@@H](CCCCc1ccccc1)C(=O)O)c1ccc2c3c(oc2c1)CCCCC3. The number of carbonyl (C=O) groups excluding carboxylic acids is 1. The average molecular weight is 419 g/mol. The van der Waals surface area contributed by atoms with Crippen LogP contribution in [-0.2, 0) is 24.1 Å². The molecule has 4 rings (SSSR count). The Kier molecular flexibility index (Phi) is 6.86. The van der Waals surface area contributed by atoms with Crippen molar-refractivity contribution in [2.45, 2.75) is 64.2 Å². The third-order valence-corrected chi connectivity index (χ3v) is 6.42. The first-order valence-electron chi connectivity index (χ1n) is 11.5. The summed E-state index contributed by atoms with van der Waals surface area (Å²) in [5.74, 6) is -0.603. The van der Waals surface area contributed by atoms with E-state index in [1.165, 1.54) is 24.0 Å². The molecule has 4 nitrogen and oxygen atoms in total. The molecule has 1 atom stereocenters. The van der Waals surface area contributed by atoms with Crippen LogP contribution in [0.3, 0.4) is 0 Å². The second-order valence-corrected chi connectivity index (χ2v) is 8.67. The minimum absolute atomic E-state index is 0.0343. The molecule has 0 saturated heterocycles. The fourth-order valence-electron chi connectivity index (χ4n) is 4.63.